The number of carbonyl (C=O) groups excluding carboxylic acids is 1. The minimum absolute atomic E-state index is 0.00760. The van der Waals surface area contributed by atoms with Crippen LogP contribution in [0.5, 0.6) is 0 Å². The second kappa shape index (κ2) is 5.03. The molecule has 1 saturated heterocycles. The molecule has 3 heterocycles. The number of rotatable bonds is 2. The summed E-state index contributed by atoms with van der Waals surface area (Å²) < 4.78 is 0. The highest BCUT2D eigenvalue weighted by atomic mass is 16.2. The summed E-state index contributed by atoms with van der Waals surface area (Å²) in [4.78, 5) is 22.5. The van der Waals surface area contributed by atoms with Gasteiger partial charge >= 0.3 is 0 Å². The number of hydrogen-bond acceptors (Lipinski definition) is 4. The van der Waals surface area contributed by atoms with Crippen molar-refractivity contribution in [3.05, 3.63) is 29.8 Å². The maximum Gasteiger partial charge on any atom is 0.220 e. The lowest BCUT2D eigenvalue weighted by Crippen LogP contribution is -2.29. The van der Waals surface area contributed by atoms with Crippen molar-refractivity contribution in [2.24, 2.45) is 0 Å². The van der Waals surface area contributed by atoms with Crippen LogP contribution in [-0.2, 0) is 4.79 Å². The molecule has 1 N–H and O–H groups in total. The van der Waals surface area contributed by atoms with Gasteiger partial charge in [-0.2, -0.15) is 5.10 Å². The Morgan fingerprint density at radius 3 is 2.90 bits per heavy atom. The van der Waals surface area contributed by atoms with Crippen LogP contribution in [0.25, 0.3) is 11.4 Å². The lowest BCUT2D eigenvalue weighted by Gasteiger charge is -2.23. The van der Waals surface area contributed by atoms with E-state index in [2.05, 4.69) is 20.2 Å². The number of aromatic nitrogens is 4. The average Bonchev–Trinajstić information content (AvgIpc) is 3.07. The molecule has 0 radical (unpaired) electrons. The zero-order valence-electron chi connectivity index (χ0n) is 11.6. The summed E-state index contributed by atoms with van der Waals surface area (Å²) in [6.07, 6.45) is 5.26. The smallest absolute Gasteiger partial charge is 0.220 e. The molecule has 0 spiro atoms. The first-order valence-electron chi connectivity index (χ1n) is 6.77. The fraction of sp³-hybridized carbons (Fsp3) is 0.429. The van der Waals surface area contributed by atoms with Gasteiger partial charge in [0, 0.05) is 31.6 Å². The van der Waals surface area contributed by atoms with Crippen LogP contribution in [0.1, 0.15) is 37.2 Å². The number of aryl methyl sites for hydroxylation is 1. The lowest BCUT2D eigenvalue weighted by molar-refractivity contribution is -0.129. The Morgan fingerprint density at radius 2 is 2.20 bits per heavy atom. The molecule has 1 amide bonds. The molecule has 1 unspecified atom stereocenters. The van der Waals surface area contributed by atoms with E-state index in [-0.39, 0.29) is 11.9 Å². The molecular formula is C14H17N5O. The van der Waals surface area contributed by atoms with Crippen LogP contribution in [0.15, 0.2) is 18.5 Å². The topological polar surface area (TPSA) is 74.8 Å². The molecule has 6 nitrogen and oxygen atoms in total. The summed E-state index contributed by atoms with van der Waals surface area (Å²) in [5.74, 6) is 0.0855. The summed E-state index contributed by atoms with van der Waals surface area (Å²) >= 11 is 0. The maximum absolute atomic E-state index is 11.7. The van der Waals surface area contributed by atoms with Crippen molar-refractivity contribution in [1.82, 2.24) is 25.1 Å². The molecule has 1 fully saturated rings. The standard InChI is InChI=1S/C14H17N5O/c1-9-8-11(18-17-9)13-14(16-6-5-15-13)12-4-3-7-19(12)10(2)20/h5-6,8,12H,3-4,7H2,1-2H3,(H,17,18). The molecule has 6 heteroatoms. The maximum atomic E-state index is 11.7. The van der Waals surface area contributed by atoms with Gasteiger partial charge in [0.05, 0.1) is 11.7 Å². The van der Waals surface area contributed by atoms with Crippen molar-refractivity contribution in [3.63, 3.8) is 0 Å². The third kappa shape index (κ3) is 2.17. The number of amides is 1. The third-order valence-electron chi connectivity index (χ3n) is 3.65. The highest BCUT2D eigenvalue weighted by molar-refractivity contribution is 5.74. The summed E-state index contributed by atoms with van der Waals surface area (Å²) in [5.41, 5.74) is 3.36. The van der Waals surface area contributed by atoms with E-state index >= 15 is 0 Å². The van der Waals surface area contributed by atoms with Crippen molar-refractivity contribution in [3.8, 4) is 11.4 Å². The van der Waals surface area contributed by atoms with Crippen molar-refractivity contribution < 1.29 is 4.79 Å². The molecule has 0 saturated carbocycles. The molecule has 0 bridgehead atoms. The molecule has 1 aliphatic rings. The molecule has 1 aliphatic heterocycles. The monoisotopic (exact) mass is 271 g/mol. The Kier molecular flexibility index (Phi) is 3.22. The van der Waals surface area contributed by atoms with Gasteiger partial charge in [-0.05, 0) is 25.8 Å². The molecule has 20 heavy (non-hydrogen) atoms. The highest BCUT2D eigenvalue weighted by Crippen LogP contribution is 2.34. The van der Waals surface area contributed by atoms with E-state index in [1.54, 1.807) is 19.3 Å². The number of nitrogens with one attached hydrogen (secondary N) is 1. The molecule has 0 aromatic carbocycles. The van der Waals surface area contributed by atoms with E-state index in [1.807, 2.05) is 17.9 Å². The number of carbonyl (C=O) groups is 1. The molecule has 2 aromatic rings. The van der Waals surface area contributed by atoms with Gasteiger partial charge in [0.15, 0.2) is 0 Å². The summed E-state index contributed by atoms with van der Waals surface area (Å²) in [6, 6.07) is 1.95. The molecule has 2 aromatic heterocycles. The Balaban J connectivity index is 2.04. The first-order valence-corrected chi connectivity index (χ1v) is 6.77. The largest absolute Gasteiger partial charge is 0.334 e. The first-order chi connectivity index (χ1) is 9.66. The van der Waals surface area contributed by atoms with Crippen LogP contribution < -0.4 is 0 Å². The van der Waals surface area contributed by atoms with E-state index in [1.165, 1.54) is 0 Å². The van der Waals surface area contributed by atoms with Crippen LogP contribution in [0.4, 0.5) is 0 Å². The summed E-state index contributed by atoms with van der Waals surface area (Å²) in [6.45, 7) is 4.34. The molecular weight excluding hydrogens is 254 g/mol. The second-order valence-electron chi connectivity index (χ2n) is 5.10. The number of H-pyrrole nitrogens is 1. The Hall–Kier alpha value is -2.24. The van der Waals surface area contributed by atoms with Gasteiger partial charge in [-0.25, -0.2) is 0 Å². The molecule has 1 atom stereocenters. The molecule has 3 rings (SSSR count). The van der Waals surface area contributed by atoms with Crippen molar-refractivity contribution in [2.45, 2.75) is 32.7 Å². The zero-order chi connectivity index (χ0) is 14.1. The average molecular weight is 271 g/mol. The Labute approximate surface area is 117 Å². The third-order valence-corrected chi connectivity index (χ3v) is 3.65. The van der Waals surface area contributed by atoms with E-state index in [9.17, 15) is 4.79 Å². The van der Waals surface area contributed by atoms with Crippen LogP contribution >= 0.6 is 0 Å². The quantitative estimate of drug-likeness (QED) is 0.904. The van der Waals surface area contributed by atoms with E-state index in [0.29, 0.717) is 0 Å². The van der Waals surface area contributed by atoms with Gasteiger partial charge in [-0.1, -0.05) is 0 Å². The van der Waals surface area contributed by atoms with Gasteiger partial charge < -0.3 is 4.90 Å². The van der Waals surface area contributed by atoms with E-state index < -0.39 is 0 Å². The number of aromatic amines is 1. The van der Waals surface area contributed by atoms with Crippen LogP contribution in [0.3, 0.4) is 0 Å². The lowest BCUT2D eigenvalue weighted by atomic mass is 10.1. The predicted molar refractivity (Wildman–Crippen MR) is 73.7 cm³/mol. The first kappa shape index (κ1) is 12.8. The van der Waals surface area contributed by atoms with Crippen LogP contribution in [-0.4, -0.2) is 37.5 Å². The van der Waals surface area contributed by atoms with Crippen molar-refractivity contribution in [1.29, 1.82) is 0 Å². The van der Waals surface area contributed by atoms with Gasteiger partial charge in [0.1, 0.15) is 11.4 Å². The second-order valence-corrected chi connectivity index (χ2v) is 5.10. The van der Waals surface area contributed by atoms with Gasteiger partial charge in [0.2, 0.25) is 5.91 Å². The highest BCUT2D eigenvalue weighted by Gasteiger charge is 2.31. The van der Waals surface area contributed by atoms with Crippen molar-refractivity contribution >= 4 is 5.91 Å². The van der Waals surface area contributed by atoms with Crippen LogP contribution in [0.2, 0.25) is 0 Å². The SMILES string of the molecule is CC(=O)N1CCCC1c1nccnc1-c1cc(C)[nH]n1. The Morgan fingerprint density at radius 1 is 1.40 bits per heavy atom. The predicted octanol–water partition coefficient (Wildman–Crippen LogP) is 1.86. The fourth-order valence-electron chi connectivity index (χ4n) is 2.76. The molecule has 104 valence electrons. The minimum atomic E-state index is 0.00760. The minimum Gasteiger partial charge on any atom is -0.334 e. The normalized spacial score (nSPS) is 18.5. The summed E-state index contributed by atoms with van der Waals surface area (Å²) in [5, 5.41) is 7.18. The van der Waals surface area contributed by atoms with Crippen LogP contribution in [0, 0.1) is 6.92 Å². The van der Waals surface area contributed by atoms with Gasteiger partial charge in [0.25, 0.3) is 0 Å². The molecule has 0 aliphatic carbocycles. The van der Waals surface area contributed by atoms with Crippen molar-refractivity contribution in [2.75, 3.05) is 6.54 Å². The number of likely N-dealkylation sites (tertiary alicyclic amines) is 1. The fourth-order valence-corrected chi connectivity index (χ4v) is 2.76. The zero-order valence-corrected chi connectivity index (χ0v) is 11.6. The van der Waals surface area contributed by atoms with Gasteiger partial charge in [-0.3, -0.25) is 19.9 Å². The summed E-state index contributed by atoms with van der Waals surface area (Å²) in [7, 11) is 0. The number of hydrogen-bond donors (Lipinski definition) is 1. The van der Waals surface area contributed by atoms with Gasteiger partial charge in [-0.15, -0.1) is 0 Å². The van der Waals surface area contributed by atoms with E-state index in [0.717, 1.165) is 42.2 Å². The number of nitrogens with zero attached hydrogens (tertiary/aromatic N) is 4. The van der Waals surface area contributed by atoms with E-state index in [4.69, 9.17) is 0 Å². The Bertz CT molecular complexity index is 636.